The molecule has 0 radical (unpaired) electrons. The van der Waals surface area contributed by atoms with Crippen molar-refractivity contribution < 1.29 is 4.39 Å². The Balaban J connectivity index is 2.11. The topological polar surface area (TPSA) is 17.8 Å². The number of nitrogens with zero attached hydrogens (tertiary/aromatic N) is 2. The van der Waals surface area contributed by atoms with E-state index in [9.17, 15) is 4.39 Å². The molecule has 20 heavy (non-hydrogen) atoms. The lowest BCUT2D eigenvalue weighted by Gasteiger charge is -2.06. The van der Waals surface area contributed by atoms with Crippen molar-refractivity contribution in [2.75, 3.05) is 5.88 Å². The van der Waals surface area contributed by atoms with E-state index in [-0.39, 0.29) is 5.82 Å². The fraction of sp³-hybridized carbons (Fsp3) is 0.214. The molecule has 0 unspecified atom stereocenters. The van der Waals surface area contributed by atoms with Crippen molar-refractivity contribution in [2.24, 2.45) is 0 Å². The van der Waals surface area contributed by atoms with Gasteiger partial charge in [-0.15, -0.1) is 22.9 Å². The second-order valence-electron chi connectivity index (χ2n) is 4.37. The predicted octanol–water partition coefficient (Wildman–Crippen LogP) is 4.83. The molecule has 1 aromatic carbocycles. The van der Waals surface area contributed by atoms with Crippen molar-refractivity contribution in [3.05, 3.63) is 50.6 Å². The molecular weight excluding hydrogens is 363 g/mol. The maximum atomic E-state index is 13.8. The first-order chi connectivity index (χ1) is 9.69. The van der Waals surface area contributed by atoms with E-state index >= 15 is 0 Å². The Hall–Kier alpha value is -0.910. The zero-order chi connectivity index (χ0) is 14.1. The lowest BCUT2D eigenvalue weighted by Crippen LogP contribution is -2.04. The number of aryl methyl sites for hydroxylation is 1. The fourth-order valence-corrected chi connectivity index (χ4v) is 3.85. The molecular formula is C14H11BrClFN2S. The lowest BCUT2D eigenvalue weighted by atomic mass is 10.3. The molecule has 0 saturated heterocycles. The first-order valence-electron chi connectivity index (χ1n) is 6.13. The summed E-state index contributed by atoms with van der Waals surface area (Å²) in [6.07, 6.45) is 0.627. The number of halogens is 3. The number of alkyl halides is 1. The van der Waals surface area contributed by atoms with Crippen molar-refractivity contribution in [3.8, 4) is 0 Å². The van der Waals surface area contributed by atoms with Gasteiger partial charge in [0.2, 0.25) is 0 Å². The molecule has 0 atom stereocenters. The molecule has 0 aliphatic carbocycles. The third-order valence-corrected chi connectivity index (χ3v) is 4.87. The van der Waals surface area contributed by atoms with Crippen LogP contribution < -0.4 is 0 Å². The van der Waals surface area contributed by atoms with Gasteiger partial charge in [-0.25, -0.2) is 9.37 Å². The summed E-state index contributed by atoms with van der Waals surface area (Å²) in [6, 6.07) is 9.12. The number of aromatic nitrogens is 2. The van der Waals surface area contributed by atoms with Crippen molar-refractivity contribution in [1.82, 2.24) is 9.55 Å². The normalized spacial score (nSPS) is 11.3. The molecule has 6 heteroatoms. The van der Waals surface area contributed by atoms with Crippen molar-refractivity contribution in [2.45, 2.75) is 13.0 Å². The molecule has 0 spiro atoms. The number of hydrogen-bond donors (Lipinski definition) is 0. The molecule has 2 nitrogen and oxygen atoms in total. The van der Waals surface area contributed by atoms with Gasteiger partial charge in [-0.1, -0.05) is 6.07 Å². The summed E-state index contributed by atoms with van der Waals surface area (Å²) < 4.78 is 17.0. The SMILES string of the molecule is Fc1cccc2c1nc(CCCl)n2Cc1ccc(Br)s1. The van der Waals surface area contributed by atoms with Crippen LogP contribution in [-0.4, -0.2) is 15.4 Å². The number of para-hydroxylation sites is 1. The molecule has 2 heterocycles. The Morgan fingerprint density at radius 2 is 2.15 bits per heavy atom. The van der Waals surface area contributed by atoms with Gasteiger partial charge in [0.15, 0.2) is 5.82 Å². The van der Waals surface area contributed by atoms with E-state index in [0.29, 0.717) is 24.4 Å². The summed E-state index contributed by atoms with van der Waals surface area (Å²) in [5, 5.41) is 0. The predicted molar refractivity (Wildman–Crippen MR) is 85.2 cm³/mol. The number of benzene rings is 1. The van der Waals surface area contributed by atoms with Crippen molar-refractivity contribution in [3.63, 3.8) is 0 Å². The molecule has 0 aliphatic heterocycles. The number of rotatable bonds is 4. The summed E-state index contributed by atoms with van der Waals surface area (Å²) in [5.74, 6) is 1.01. The van der Waals surface area contributed by atoms with Crippen LogP contribution in [0.2, 0.25) is 0 Å². The summed E-state index contributed by atoms with van der Waals surface area (Å²) in [7, 11) is 0. The van der Waals surface area contributed by atoms with E-state index in [0.717, 1.165) is 15.1 Å². The Morgan fingerprint density at radius 1 is 1.30 bits per heavy atom. The van der Waals surface area contributed by atoms with E-state index in [1.54, 1.807) is 17.4 Å². The minimum Gasteiger partial charge on any atom is -0.323 e. The smallest absolute Gasteiger partial charge is 0.151 e. The van der Waals surface area contributed by atoms with E-state index in [1.165, 1.54) is 10.9 Å². The summed E-state index contributed by atoms with van der Waals surface area (Å²) >= 11 is 11.0. The van der Waals surface area contributed by atoms with Crippen LogP contribution in [-0.2, 0) is 13.0 Å². The number of imidazole rings is 1. The van der Waals surface area contributed by atoms with Gasteiger partial charge >= 0.3 is 0 Å². The van der Waals surface area contributed by atoms with Gasteiger partial charge in [0.25, 0.3) is 0 Å². The highest BCUT2D eigenvalue weighted by Crippen LogP contribution is 2.26. The van der Waals surface area contributed by atoms with Gasteiger partial charge in [0.05, 0.1) is 15.8 Å². The van der Waals surface area contributed by atoms with Crippen LogP contribution in [0.1, 0.15) is 10.7 Å². The Bertz CT molecular complexity index is 753. The Morgan fingerprint density at radius 3 is 2.85 bits per heavy atom. The van der Waals surface area contributed by atoms with E-state index in [4.69, 9.17) is 11.6 Å². The molecule has 0 fully saturated rings. The van der Waals surface area contributed by atoms with Crippen LogP contribution in [0.15, 0.2) is 34.1 Å². The standard InChI is InChI=1S/C14H11BrClFN2S/c15-12-5-4-9(20-12)8-19-11-3-1-2-10(17)14(11)18-13(19)6-7-16/h1-5H,6-8H2. The summed E-state index contributed by atoms with van der Waals surface area (Å²) in [6.45, 7) is 0.683. The Labute approximate surface area is 133 Å². The average molecular weight is 374 g/mol. The zero-order valence-electron chi connectivity index (χ0n) is 10.4. The summed E-state index contributed by atoms with van der Waals surface area (Å²) in [5.41, 5.74) is 1.23. The lowest BCUT2D eigenvalue weighted by molar-refractivity contribution is 0.637. The number of hydrogen-bond acceptors (Lipinski definition) is 2. The highest BCUT2D eigenvalue weighted by Gasteiger charge is 2.14. The maximum absolute atomic E-state index is 13.8. The third-order valence-electron chi connectivity index (χ3n) is 3.07. The van der Waals surface area contributed by atoms with Crippen molar-refractivity contribution >= 4 is 49.9 Å². The van der Waals surface area contributed by atoms with Gasteiger partial charge in [-0.05, 0) is 40.2 Å². The Kier molecular flexibility index (Phi) is 4.10. The maximum Gasteiger partial charge on any atom is 0.151 e. The van der Waals surface area contributed by atoms with Gasteiger partial charge in [0, 0.05) is 17.2 Å². The highest BCUT2D eigenvalue weighted by atomic mass is 79.9. The van der Waals surface area contributed by atoms with Crippen LogP contribution in [0.5, 0.6) is 0 Å². The molecule has 3 rings (SSSR count). The molecule has 3 aromatic rings. The fourth-order valence-electron chi connectivity index (χ4n) is 2.21. The molecule has 0 bridgehead atoms. The molecule has 2 aromatic heterocycles. The van der Waals surface area contributed by atoms with Gasteiger partial charge in [-0.3, -0.25) is 0 Å². The molecule has 0 saturated carbocycles. The number of fused-ring (bicyclic) bond motifs is 1. The van der Waals surface area contributed by atoms with E-state index in [1.807, 2.05) is 16.7 Å². The van der Waals surface area contributed by atoms with E-state index < -0.39 is 0 Å². The van der Waals surface area contributed by atoms with Crippen LogP contribution in [0.25, 0.3) is 11.0 Å². The third kappa shape index (κ3) is 2.62. The van der Waals surface area contributed by atoms with Crippen LogP contribution in [0.3, 0.4) is 0 Å². The monoisotopic (exact) mass is 372 g/mol. The quantitative estimate of drug-likeness (QED) is 0.599. The van der Waals surface area contributed by atoms with Crippen LogP contribution in [0, 0.1) is 5.82 Å². The van der Waals surface area contributed by atoms with Gasteiger partial charge in [-0.2, -0.15) is 0 Å². The highest BCUT2D eigenvalue weighted by molar-refractivity contribution is 9.11. The average Bonchev–Trinajstić information content (AvgIpc) is 2.97. The van der Waals surface area contributed by atoms with Gasteiger partial charge < -0.3 is 4.57 Å². The molecule has 104 valence electrons. The second kappa shape index (κ2) is 5.84. The van der Waals surface area contributed by atoms with Crippen LogP contribution in [0.4, 0.5) is 4.39 Å². The minimum absolute atomic E-state index is 0.288. The number of thiophene rings is 1. The molecule has 0 aliphatic rings. The molecule has 0 N–H and O–H groups in total. The largest absolute Gasteiger partial charge is 0.323 e. The first kappa shape index (κ1) is 14.0. The second-order valence-corrected chi connectivity index (χ2v) is 7.29. The van der Waals surface area contributed by atoms with Crippen molar-refractivity contribution in [1.29, 1.82) is 0 Å². The molecule has 0 amide bonds. The summed E-state index contributed by atoms with van der Waals surface area (Å²) in [4.78, 5) is 5.59. The van der Waals surface area contributed by atoms with Gasteiger partial charge in [0.1, 0.15) is 11.3 Å². The first-order valence-corrected chi connectivity index (χ1v) is 8.27. The minimum atomic E-state index is -0.288. The van der Waals surface area contributed by atoms with Crippen LogP contribution >= 0.6 is 38.9 Å². The zero-order valence-corrected chi connectivity index (χ0v) is 13.6. The van der Waals surface area contributed by atoms with E-state index in [2.05, 4.69) is 27.0 Å².